The molecule has 0 unspecified atom stereocenters. The van der Waals surface area contributed by atoms with E-state index in [9.17, 15) is 0 Å². The first-order valence-corrected chi connectivity index (χ1v) is 3.88. The highest BCUT2D eigenvalue weighted by atomic mass is 35.5. The molecule has 0 aromatic carbocycles. The Bertz CT molecular complexity index is 60.8. The zero-order valence-corrected chi connectivity index (χ0v) is 6.12. The number of halogens is 1. The average molecular weight is 133 g/mol. The molecule has 1 rings (SSSR count). The van der Waals surface area contributed by atoms with Crippen LogP contribution >= 0.6 is 11.6 Å². The van der Waals surface area contributed by atoms with Crippen LogP contribution in [0.15, 0.2) is 0 Å². The van der Waals surface area contributed by atoms with E-state index in [1.807, 2.05) is 0 Å². The van der Waals surface area contributed by atoms with Crippen molar-refractivity contribution in [3.8, 4) is 0 Å². The molecule has 0 aromatic heterocycles. The quantitative estimate of drug-likeness (QED) is 0.445. The van der Waals surface area contributed by atoms with E-state index in [0.717, 1.165) is 5.92 Å². The van der Waals surface area contributed by atoms with Crippen LogP contribution < -0.4 is 0 Å². The summed E-state index contributed by atoms with van der Waals surface area (Å²) >= 11 is 5.97. The lowest BCUT2D eigenvalue weighted by Gasteiger charge is -2.22. The Morgan fingerprint density at radius 3 is 2.25 bits per heavy atom. The van der Waals surface area contributed by atoms with E-state index in [2.05, 4.69) is 6.92 Å². The first-order chi connectivity index (χ1) is 3.80. The molecule has 0 heterocycles. The molecule has 0 spiro atoms. The van der Waals surface area contributed by atoms with Crippen LogP contribution in [0.2, 0.25) is 0 Å². The zero-order chi connectivity index (χ0) is 5.98. The Morgan fingerprint density at radius 2 is 1.88 bits per heavy atom. The molecule has 1 fully saturated rings. The lowest BCUT2D eigenvalue weighted by atomic mass is 9.90. The van der Waals surface area contributed by atoms with E-state index in [-0.39, 0.29) is 0 Å². The van der Waals surface area contributed by atoms with Gasteiger partial charge in [-0.25, -0.2) is 0 Å². The second-order valence-corrected chi connectivity index (χ2v) is 3.34. The van der Waals surface area contributed by atoms with Gasteiger partial charge in [0.2, 0.25) is 0 Å². The molecule has 0 radical (unpaired) electrons. The van der Waals surface area contributed by atoms with Crippen LogP contribution in [0.5, 0.6) is 0 Å². The van der Waals surface area contributed by atoms with E-state index < -0.39 is 0 Å². The lowest BCUT2D eigenvalue weighted by molar-refractivity contribution is 0.392. The van der Waals surface area contributed by atoms with Crippen molar-refractivity contribution >= 4 is 11.6 Å². The molecule has 1 saturated carbocycles. The monoisotopic (exact) mass is 132 g/mol. The van der Waals surface area contributed by atoms with Crippen molar-refractivity contribution < 1.29 is 0 Å². The highest BCUT2D eigenvalue weighted by molar-refractivity contribution is 6.20. The summed E-state index contributed by atoms with van der Waals surface area (Å²) in [7, 11) is 0. The van der Waals surface area contributed by atoms with Crippen LogP contribution in [-0.4, -0.2) is 5.38 Å². The van der Waals surface area contributed by atoms with Gasteiger partial charge in [0.25, 0.3) is 0 Å². The van der Waals surface area contributed by atoms with Gasteiger partial charge in [0.1, 0.15) is 0 Å². The van der Waals surface area contributed by atoms with Gasteiger partial charge in [-0.2, -0.15) is 0 Å². The van der Waals surface area contributed by atoms with Crippen LogP contribution in [0.4, 0.5) is 0 Å². The van der Waals surface area contributed by atoms with E-state index >= 15 is 0 Å². The topological polar surface area (TPSA) is 0 Å². The van der Waals surface area contributed by atoms with Crippen molar-refractivity contribution in [2.75, 3.05) is 0 Å². The fourth-order valence-corrected chi connectivity index (χ4v) is 1.55. The predicted molar refractivity (Wildman–Crippen MR) is 37.3 cm³/mol. The minimum absolute atomic E-state index is 0.476. The predicted octanol–water partition coefficient (Wildman–Crippen LogP) is 2.80. The Hall–Kier alpha value is 0.290. The van der Waals surface area contributed by atoms with Gasteiger partial charge in [-0.3, -0.25) is 0 Å². The molecule has 1 heteroatoms. The molecule has 0 N–H and O–H groups in total. The van der Waals surface area contributed by atoms with Gasteiger partial charge in [0.15, 0.2) is 0 Å². The smallest absolute Gasteiger partial charge is 0.0361 e. The molecule has 48 valence electrons. The van der Waals surface area contributed by atoms with E-state index in [1.165, 1.54) is 25.7 Å². The van der Waals surface area contributed by atoms with E-state index in [0.29, 0.717) is 5.38 Å². The molecular weight excluding hydrogens is 120 g/mol. The Balaban J connectivity index is 2.28. The molecule has 1 aliphatic rings. The van der Waals surface area contributed by atoms with Crippen molar-refractivity contribution in [3.05, 3.63) is 0 Å². The summed E-state index contributed by atoms with van der Waals surface area (Å²) in [6.07, 6.45) is 5.32. The third kappa shape index (κ3) is 1.38. The molecule has 2 atom stereocenters. The Kier molecular flexibility index (Phi) is 2.18. The second-order valence-electron chi connectivity index (χ2n) is 2.78. The number of hydrogen-bond acceptors (Lipinski definition) is 0. The first kappa shape index (κ1) is 6.41. The van der Waals surface area contributed by atoms with Gasteiger partial charge in [0, 0.05) is 5.38 Å². The highest BCUT2D eigenvalue weighted by Crippen LogP contribution is 2.27. The van der Waals surface area contributed by atoms with Crippen molar-refractivity contribution in [2.24, 2.45) is 5.92 Å². The van der Waals surface area contributed by atoms with Gasteiger partial charge >= 0.3 is 0 Å². The third-order valence-electron chi connectivity index (χ3n) is 2.01. The molecule has 0 aliphatic heterocycles. The van der Waals surface area contributed by atoms with Gasteiger partial charge in [0.05, 0.1) is 0 Å². The Morgan fingerprint density at radius 1 is 1.25 bits per heavy atom. The molecule has 0 nitrogen and oxygen atoms in total. The lowest BCUT2D eigenvalue weighted by Crippen LogP contribution is -2.15. The fourth-order valence-electron chi connectivity index (χ4n) is 1.27. The summed E-state index contributed by atoms with van der Waals surface area (Å²) in [5.41, 5.74) is 0. The van der Waals surface area contributed by atoms with Crippen LogP contribution in [-0.2, 0) is 0 Å². The molecule has 1 aliphatic carbocycles. The van der Waals surface area contributed by atoms with Crippen molar-refractivity contribution in [2.45, 2.75) is 38.0 Å². The summed E-state index contributed by atoms with van der Waals surface area (Å²) in [5.74, 6) is 0.769. The van der Waals surface area contributed by atoms with Gasteiger partial charge in [-0.1, -0.05) is 19.8 Å². The summed E-state index contributed by atoms with van der Waals surface area (Å²) in [4.78, 5) is 0. The first-order valence-electron chi connectivity index (χ1n) is 3.45. The van der Waals surface area contributed by atoms with E-state index in [1.54, 1.807) is 0 Å². The SMILES string of the molecule is C[C@H]1CCCC[C@@H]1Cl. The van der Waals surface area contributed by atoms with Crippen LogP contribution in [0.3, 0.4) is 0 Å². The van der Waals surface area contributed by atoms with Crippen LogP contribution in [0, 0.1) is 5.92 Å². The highest BCUT2D eigenvalue weighted by Gasteiger charge is 2.17. The van der Waals surface area contributed by atoms with Crippen molar-refractivity contribution in [1.82, 2.24) is 0 Å². The standard InChI is InChI=1S/C7H13Cl/c1-6-4-2-3-5-7(6)8/h6-7H,2-5H2,1H3/t6-,7-/m0/s1. The van der Waals surface area contributed by atoms with Gasteiger partial charge < -0.3 is 0 Å². The normalized spacial score (nSPS) is 39.8. The molecule has 0 saturated heterocycles. The fraction of sp³-hybridized carbons (Fsp3) is 1.00. The maximum atomic E-state index is 5.97. The summed E-state index contributed by atoms with van der Waals surface area (Å²) in [6.45, 7) is 2.25. The number of hydrogen-bond donors (Lipinski definition) is 0. The number of rotatable bonds is 0. The largest absolute Gasteiger partial charge is 0.123 e. The molecular formula is C7H13Cl. The van der Waals surface area contributed by atoms with E-state index in [4.69, 9.17) is 11.6 Å². The van der Waals surface area contributed by atoms with Gasteiger partial charge in [-0.15, -0.1) is 11.6 Å². The summed E-state index contributed by atoms with van der Waals surface area (Å²) < 4.78 is 0. The van der Waals surface area contributed by atoms with Crippen molar-refractivity contribution in [3.63, 3.8) is 0 Å². The minimum Gasteiger partial charge on any atom is -0.123 e. The minimum atomic E-state index is 0.476. The average Bonchev–Trinajstić information content (AvgIpc) is 1.77. The molecule has 8 heavy (non-hydrogen) atoms. The van der Waals surface area contributed by atoms with Crippen molar-refractivity contribution in [1.29, 1.82) is 0 Å². The summed E-state index contributed by atoms with van der Waals surface area (Å²) in [6, 6.07) is 0. The molecule has 0 bridgehead atoms. The zero-order valence-electron chi connectivity index (χ0n) is 5.36. The van der Waals surface area contributed by atoms with Gasteiger partial charge in [-0.05, 0) is 18.8 Å². The molecule has 0 aromatic rings. The summed E-state index contributed by atoms with van der Waals surface area (Å²) in [5, 5.41) is 0.476. The van der Waals surface area contributed by atoms with Crippen LogP contribution in [0.25, 0.3) is 0 Å². The maximum absolute atomic E-state index is 5.97. The number of alkyl halides is 1. The third-order valence-corrected chi connectivity index (χ3v) is 2.66. The molecule has 0 amide bonds. The Labute approximate surface area is 56.2 Å². The maximum Gasteiger partial charge on any atom is 0.0361 e. The second kappa shape index (κ2) is 2.72. The van der Waals surface area contributed by atoms with Crippen LogP contribution in [0.1, 0.15) is 32.6 Å².